The number of carbonyl (C=O) groups excluding carboxylic acids is 1. The lowest BCUT2D eigenvalue weighted by atomic mass is 10.1. The van der Waals surface area contributed by atoms with Crippen LogP contribution < -0.4 is 11.1 Å². The summed E-state index contributed by atoms with van der Waals surface area (Å²) in [5, 5.41) is 3.07. The average Bonchev–Trinajstić information content (AvgIpc) is 2.59. The molecular weight excluding hydrogens is 180 g/mol. The van der Waals surface area contributed by atoms with Gasteiger partial charge in [0.05, 0.1) is 7.11 Å². The monoisotopic (exact) mass is 192 g/mol. The minimum absolute atomic E-state index is 0.236. The first-order valence-electron chi connectivity index (χ1n) is 4.43. The molecule has 0 saturated heterocycles. The van der Waals surface area contributed by atoms with Crippen LogP contribution in [-0.4, -0.2) is 19.1 Å². The fraction of sp³-hybridized carbons (Fsp3) is 0.300. The Balaban J connectivity index is 2.22. The van der Waals surface area contributed by atoms with E-state index in [0.717, 1.165) is 11.3 Å². The highest BCUT2D eigenvalue weighted by Crippen LogP contribution is 2.27. The van der Waals surface area contributed by atoms with Crippen LogP contribution in [-0.2, 0) is 16.0 Å². The predicted molar refractivity (Wildman–Crippen MR) is 54.0 cm³/mol. The second-order valence-electron chi connectivity index (χ2n) is 3.34. The molecule has 1 aliphatic rings. The van der Waals surface area contributed by atoms with Gasteiger partial charge < -0.3 is 15.8 Å². The number of hydrogen-bond acceptors (Lipinski definition) is 4. The summed E-state index contributed by atoms with van der Waals surface area (Å²) in [7, 11) is 1.39. The molecule has 4 nitrogen and oxygen atoms in total. The lowest BCUT2D eigenvalue weighted by molar-refractivity contribution is -0.141. The van der Waals surface area contributed by atoms with Crippen molar-refractivity contribution in [1.82, 2.24) is 0 Å². The van der Waals surface area contributed by atoms with E-state index in [4.69, 9.17) is 5.73 Å². The van der Waals surface area contributed by atoms with Crippen molar-refractivity contribution in [1.29, 1.82) is 0 Å². The van der Waals surface area contributed by atoms with Gasteiger partial charge in [-0.15, -0.1) is 0 Å². The van der Waals surface area contributed by atoms with Crippen LogP contribution in [0.2, 0.25) is 0 Å². The normalized spacial score (nSPS) is 18.5. The second-order valence-corrected chi connectivity index (χ2v) is 3.34. The van der Waals surface area contributed by atoms with Gasteiger partial charge in [0, 0.05) is 17.8 Å². The van der Waals surface area contributed by atoms with E-state index < -0.39 is 0 Å². The smallest absolute Gasteiger partial charge is 0.328 e. The highest BCUT2D eigenvalue weighted by molar-refractivity contribution is 5.83. The zero-order chi connectivity index (χ0) is 10.1. The Kier molecular flexibility index (Phi) is 2.04. The SMILES string of the molecule is COC(=O)C1Cc2ccc(N)cc2N1. The van der Waals surface area contributed by atoms with Crippen LogP contribution in [0.4, 0.5) is 11.4 Å². The first-order valence-corrected chi connectivity index (χ1v) is 4.43. The summed E-state index contributed by atoms with van der Waals surface area (Å²) in [5.41, 5.74) is 8.36. The number of benzene rings is 1. The highest BCUT2D eigenvalue weighted by Gasteiger charge is 2.27. The van der Waals surface area contributed by atoms with Crippen molar-refractivity contribution in [3.05, 3.63) is 23.8 Å². The van der Waals surface area contributed by atoms with E-state index in [9.17, 15) is 4.79 Å². The molecule has 4 heteroatoms. The minimum atomic E-state index is -0.267. The largest absolute Gasteiger partial charge is 0.467 e. The van der Waals surface area contributed by atoms with Gasteiger partial charge in [-0.1, -0.05) is 6.07 Å². The summed E-state index contributed by atoms with van der Waals surface area (Å²) >= 11 is 0. The number of anilines is 2. The fourth-order valence-electron chi connectivity index (χ4n) is 1.65. The molecule has 3 N–H and O–H groups in total. The van der Waals surface area contributed by atoms with E-state index in [2.05, 4.69) is 10.1 Å². The molecule has 0 radical (unpaired) electrons. The van der Waals surface area contributed by atoms with Gasteiger partial charge in [0.15, 0.2) is 0 Å². The number of hydrogen-bond donors (Lipinski definition) is 2. The van der Waals surface area contributed by atoms with Gasteiger partial charge in [-0.05, 0) is 17.7 Å². The number of methoxy groups -OCH3 is 1. The van der Waals surface area contributed by atoms with Crippen molar-refractivity contribution < 1.29 is 9.53 Å². The van der Waals surface area contributed by atoms with Crippen LogP contribution in [0.25, 0.3) is 0 Å². The second kappa shape index (κ2) is 3.21. The van der Waals surface area contributed by atoms with E-state index in [1.165, 1.54) is 7.11 Å². The summed E-state index contributed by atoms with van der Waals surface area (Å²) in [4.78, 5) is 11.3. The zero-order valence-electron chi connectivity index (χ0n) is 7.91. The Morgan fingerprint density at radius 2 is 2.43 bits per heavy atom. The van der Waals surface area contributed by atoms with Gasteiger partial charge in [-0.3, -0.25) is 0 Å². The van der Waals surface area contributed by atoms with Crippen LogP contribution in [0.5, 0.6) is 0 Å². The van der Waals surface area contributed by atoms with Crippen molar-refractivity contribution in [3.63, 3.8) is 0 Å². The number of ether oxygens (including phenoxy) is 1. The van der Waals surface area contributed by atoms with Crippen LogP contribution in [0, 0.1) is 0 Å². The molecule has 0 aliphatic carbocycles. The third kappa shape index (κ3) is 1.39. The molecule has 0 saturated carbocycles. The molecule has 1 heterocycles. The van der Waals surface area contributed by atoms with E-state index in [1.807, 2.05) is 18.2 Å². The van der Waals surface area contributed by atoms with Gasteiger partial charge >= 0.3 is 5.97 Å². The third-order valence-corrected chi connectivity index (χ3v) is 2.37. The summed E-state index contributed by atoms with van der Waals surface area (Å²) in [6.07, 6.45) is 0.669. The van der Waals surface area contributed by atoms with E-state index in [0.29, 0.717) is 12.1 Å². The molecule has 0 aromatic heterocycles. The number of nitrogen functional groups attached to an aromatic ring is 1. The molecule has 14 heavy (non-hydrogen) atoms. The number of fused-ring (bicyclic) bond motifs is 1. The summed E-state index contributed by atoms with van der Waals surface area (Å²) < 4.78 is 4.66. The van der Waals surface area contributed by atoms with Crippen LogP contribution >= 0.6 is 0 Å². The molecule has 74 valence electrons. The highest BCUT2D eigenvalue weighted by atomic mass is 16.5. The topological polar surface area (TPSA) is 64.3 Å². The van der Waals surface area contributed by atoms with Gasteiger partial charge in [0.25, 0.3) is 0 Å². The molecule has 0 spiro atoms. The quantitative estimate of drug-likeness (QED) is 0.509. The molecule has 0 fully saturated rings. The average molecular weight is 192 g/mol. The minimum Gasteiger partial charge on any atom is -0.467 e. The number of nitrogens with two attached hydrogens (primary N) is 1. The molecule has 1 aliphatic heterocycles. The van der Waals surface area contributed by atoms with Crippen molar-refractivity contribution in [2.24, 2.45) is 0 Å². The summed E-state index contributed by atoms with van der Waals surface area (Å²) in [6, 6.07) is 5.33. The maximum absolute atomic E-state index is 11.3. The van der Waals surface area contributed by atoms with Crippen LogP contribution in [0.15, 0.2) is 18.2 Å². The standard InChI is InChI=1S/C10H12N2O2/c1-14-10(13)9-4-6-2-3-7(11)5-8(6)12-9/h2-3,5,9,12H,4,11H2,1H3. The van der Waals surface area contributed by atoms with Crippen molar-refractivity contribution in [2.45, 2.75) is 12.5 Å². The van der Waals surface area contributed by atoms with Gasteiger partial charge in [0.2, 0.25) is 0 Å². The maximum Gasteiger partial charge on any atom is 0.328 e. The Morgan fingerprint density at radius 3 is 3.14 bits per heavy atom. The first-order chi connectivity index (χ1) is 6.70. The number of nitrogens with one attached hydrogen (secondary N) is 1. The molecule has 1 unspecified atom stereocenters. The van der Waals surface area contributed by atoms with Crippen molar-refractivity contribution in [3.8, 4) is 0 Å². The summed E-state index contributed by atoms with van der Waals surface area (Å²) in [5.74, 6) is -0.236. The first kappa shape index (κ1) is 8.87. The van der Waals surface area contributed by atoms with E-state index in [1.54, 1.807) is 0 Å². The zero-order valence-corrected chi connectivity index (χ0v) is 7.91. The predicted octanol–water partition coefficient (Wildman–Crippen LogP) is 0.778. The van der Waals surface area contributed by atoms with E-state index >= 15 is 0 Å². The van der Waals surface area contributed by atoms with Gasteiger partial charge in [0.1, 0.15) is 6.04 Å². The molecule has 0 bridgehead atoms. The Morgan fingerprint density at radius 1 is 1.64 bits per heavy atom. The van der Waals surface area contributed by atoms with Gasteiger partial charge in [-0.25, -0.2) is 4.79 Å². The molecule has 2 rings (SSSR count). The number of carbonyl (C=O) groups is 1. The van der Waals surface area contributed by atoms with Crippen molar-refractivity contribution >= 4 is 17.3 Å². The molecule has 1 aromatic carbocycles. The molecule has 1 aromatic rings. The third-order valence-electron chi connectivity index (χ3n) is 2.37. The molecule has 0 amide bonds. The fourth-order valence-corrected chi connectivity index (χ4v) is 1.65. The Hall–Kier alpha value is -1.71. The number of rotatable bonds is 1. The Labute approximate surface area is 82.1 Å². The molecule has 1 atom stereocenters. The van der Waals surface area contributed by atoms with Crippen LogP contribution in [0.1, 0.15) is 5.56 Å². The van der Waals surface area contributed by atoms with Gasteiger partial charge in [-0.2, -0.15) is 0 Å². The summed E-state index contributed by atoms with van der Waals surface area (Å²) in [6.45, 7) is 0. The maximum atomic E-state index is 11.3. The lowest BCUT2D eigenvalue weighted by Gasteiger charge is -2.07. The van der Waals surface area contributed by atoms with E-state index in [-0.39, 0.29) is 12.0 Å². The van der Waals surface area contributed by atoms with Crippen molar-refractivity contribution in [2.75, 3.05) is 18.2 Å². The number of esters is 1. The van der Waals surface area contributed by atoms with Crippen LogP contribution in [0.3, 0.4) is 0 Å². The molecular formula is C10H12N2O2. The Bertz CT molecular complexity index is 376. The lowest BCUT2D eigenvalue weighted by Crippen LogP contribution is -2.27.